The molecule has 10 nitrogen and oxygen atoms in total. The molecular weight excluding hydrogens is 398 g/mol. The second-order valence-electron chi connectivity index (χ2n) is 7.10. The average Bonchev–Trinajstić information content (AvgIpc) is 3.29. The summed E-state index contributed by atoms with van der Waals surface area (Å²) in [7, 11) is 0. The number of anilines is 1. The molecule has 0 atom stereocenters. The Hall–Kier alpha value is -4.08. The molecular formula is C21H21N7O3. The predicted octanol–water partition coefficient (Wildman–Crippen LogP) is 2.34. The zero-order valence-electron chi connectivity index (χ0n) is 17.6. The highest BCUT2D eigenvalue weighted by Gasteiger charge is 2.19. The number of nitrogens with zero attached hydrogens (tertiary/aromatic N) is 6. The van der Waals surface area contributed by atoms with Crippen molar-refractivity contribution in [1.29, 1.82) is 0 Å². The van der Waals surface area contributed by atoms with E-state index in [1.807, 2.05) is 57.2 Å². The molecule has 0 aliphatic heterocycles. The SMILES string of the molecule is Cc1cc(C)n2nc(C(=O)OCC(=O)Nc3c(C)nn(-c4ccccc4)c3C)nc2n1. The highest BCUT2D eigenvalue weighted by atomic mass is 16.5. The van der Waals surface area contributed by atoms with Crippen LogP contribution in [-0.2, 0) is 9.53 Å². The maximum Gasteiger partial charge on any atom is 0.378 e. The molecule has 0 saturated carbocycles. The summed E-state index contributed by atoms with van der Waals surface area (Å²) in [5.74, 6) is -1.14. The van der Waals surface area contributed by atoms with E-state index in [1.54, 1.807) is 11.6 Å². The van der Waals surface area contributed by atoms with Gasteiger partial charge in [0, 0.05) is 11.4 Å². The molecule has 0 saturated heterocycles. The monoisotopic (exact) mass is 419 g/mol. The van der Waals surface area contributed by atoms with Crippen LogP contribution in [0.3, 0.4) is 0 Å². The van der Waals surface area contributed by atoms with Gasteiger partial charge in [-0.1, -0.05) is 18.2 Å². The minimum atomic E-state index is -0.800. The first-order chi connectivity index (χ1) is 14.8. The third-order valence-corrected chi connectivity index (χ3v) is 4.69. The van der Waals surface area contributed by atoms with Crippen LogP contribution in [0.2, 0.25) is 0 Å². The third kappa shape index (κ3) is 4.00. The normalized spacial score (nSPS) is 11.0. The van der Waals surface area contributed by atoms with Crippen LogP contribution in [0.25, 0.3) is 11.5 Å². The predicted molar refractivity (Wildman–Crippen MR) is 112 cm³/mol. The Balaban J connectivity index is 1.44. The molecule has 1 amide bonds. The summed E-state index contributed by atoms with van der Waals surface area (Å²) < 4.78 is 8.29. The number of aromatic nitrogens is 6. The number of para-hydroxylation sites is 1. The van der Waals surface area contributed by atoms with Crippen molar-refractivity contribution >= 4 is 23.3 Å². The van der Waals surface area contributed by atoms with Crippen LogP contribution in [-0.4, -0.2) is 47.8 Å². The lowest BCUT2D eigenvalue weighted by atomic mass is 10.3. The van der Waals surface area contributed by atoms with Gasteiger partial charge in [0.15, 0.2) is 6.61 Å². The smallest absolute Gasteiger partial charge is 0.378 e. The summed E-state index contributed by atoms with van der Waals surface area (Å²) >= 11 is 0. The van der Waals surface area contributed by atoms with E-state index < -0.39 is 18.5 Å². The Bertz CT molecular complexity index is 1290. The summed E-state index contributed by atoms with van der Waals surface area (Å²) in [6.45, 7) is 6.83. The van der Waals surface area contributed by atoms with Gasteiger partial charge < -0.3 is 10.1 Å². The Kier molecular flexibility index (Phi) is 5.20. The van der Waals surface area contributed by atoms with E-state index in [4.69, 9.17) is 4.74 Å². The van der Waals surface area contributed by atoms with Crippen LogP contribution in [0.5, 0.6) is 0 Å². The van der Waals surface area contributed by atoms with Gasteiger partial charge >= 0.3 is 5.97 Å². The summed E-state index contributed by atoms with van der Waals surface area (Å²) in [6, 6.07) is 11.4. The topological polar surface area (TPSA) is 116 Å². The van der Waals surface area contributed by atoms with E-state index in [9.17, 15) is 9.59 Å². The molecule has 0 bridgehead atoms. The molecule has 1 aromatic carbocycles. The summed E-state index contributed by atoms with van der Waals surface area (Å²) in [5.41, 5.74) is 4.42. The first-order valence-corrected chi connectivity index (χ1v) is 9.63. The Morgan fingerprint density at radius 1 is 1.03 bits per heavy atom. The molecule has 1 N–H and O–H groups in total. The van der Waals surface area contributed by atoms with Gasteiger partial charge in [0.25, 0.3) is 17.5 Å². The van der Waals surface area contributed by atoms with Crippen molar-refractivity contribution in [1.82, 2.24) is 29.4 Å². The molecule has 3 aromatic heterocycles. The van der Waals surface area contributed by atoms with Gasteiger partial charge in [0.1, 0.15) is 0 Å². The van der Waals surface area contributed by atoms with E-state index in [0.29, 0.717) is 17.2 Å². The van der Waals surface area contributed by atoms with Crippen LogP contribution in [0.4, 0.5) is 5.69 Å². The van der Waals surface area contributed by atoms with E-state index in [1.165, 1.54) is 4.52 Å². The van der Waals surface area contributed by atoms with Crippen LogP contribution < -0.4 is 5.32 Å². The zero-order chi connectivity index (χ0) is 22.1. The van der Waals surface area contributed by atoms with Gasteiger partial charge in [0.05, 0.1) is 22.8 Å². The Morgan fingerprint density at radius 2 is 1.77 bits per heavy atom. The van der Waals surface area contributed by atoms with Crippen molar-refractivity contribution in [2.75, 3.05) is 11.9 Å². The fourth-order valence-corrected chi connectivity index (χ4v) is 3.27. The lowest BCUT2D eigenvalue weighted by Crippen LogP contribution is -2.22. The number of fused-ring (bicyclic) bond motifs is 1. The van der Waals surface area contributed by atoms with Crippen LogP contribution in [0.1, 0.15) is 33.4 Å². The molecule has 158 valence electrons. The van der Waals surface area contributed by atoms with Crippen molar-refractivity contribution in [3.8, 4) is 5.69 Å². The molecule has 4 rings (SSSR count). The molecule has 0 aliphatic carbocycles. The van der Waals surface area contributed by atoms with Crippen molar-refractivity contribution < 1.29 is 14.3 Å². The fourth-order valence-electron chi connectivity index (χ4n) is 3.27. The molecule has 0 radical (unpaired) electrons. The number of nitrogens with one attached hydrogen (secondary N) is 1. The van der Waals surface area contributed by atoms with E-state index >= 15 is 0 Å². The maximum absolute atomic E-state index is 12.4. The van der Waals surface area contributed by atoms with E-state index in [0.717, 1.165) is 22.8 Å². The van der Waals surface area contributed by atoms with Crippen molar-refractivity contribution in [3.05, 3.63) is 65.0 Å². The number of benzene rings is 1. The number of carbonyl (C=O) groups is 2. The quantitative estimate of drug-likeness (QED) is 0.494. The molecule has 31 heavy (non-hydrogen) atoms. The number of carbonyl (C=O) groups excluding carboxylic acids is 2. The number of esters is 1. The molecule has 0 spiro atoms. The Labute approximate surface area is 177 Å². The lowest BCUT2D eigenvalue weighted by Gasteiger charge is -2.07. The molecule has 3 heterocycles. The summed E-state index contributed by atoms with van der Waals surface area (Å²) in [4.78, 5) is 33.0. The number of aryl methyl sites for hydroxylation is 3. The lowest BCUT2D eigenvalue weighted by molar-refractivity contribution is -0.119. The van der Waals surface area contributed by atoms with Crippen molar-refractivity contribution in [2.45, 2.75) is 27.7 Å². The van der Waals surface area contributed by atoms with Crippen LogP contribution in [0, 0.1) is 27.7 Å². The van der Waals surface area contributed by atoms with Gasteiger partial charge in [-0.2, -0.15) is 10.1 Å². The van der Waals surface area contributed by atoms with Crippen molar-refractivity contribution in [3.63, 3.8) is 0 Å². The van der Waals surface area contributed by atoms with Crippen LogP contribution >= 0.6 is 0 Å². The molecule has 0 fully saturated rings. The van der Waals surface area contributed by atoms with Gasteiger partial charge in [0.2, 0.25) is 0 Å². The standard InChI is InChI=1S/C21H21N7O3/c1-12-10-13(2)27-21(22-12)24-19(26-27)20(30)31-11-17(29)23-18-14(3)25-28(15(18)4)16-8-6-5-7-9-16/h5-10H,11H2,1-4H3,(H,23,29). The van der Waals surface area contributed by atoms with Gasteiger partial charge in [-0.3, -0.25) is 4.79 Å². The van der Waals surface area contributed by atoms with Gasteiger partial charge in [-0.15, -0.1) is 5.10 Å². The van der Waals surface area contributed by atoms with E-state index in [-0.39, 0.29) is 5.82 Å². The average molecular weight is 419 g/mol. The second-order valence-corrected chi connectivity index (χ2v) is 7.10. The highest BCUT2D eigenvalue weighted by molar-refractivity contribution is 5.95. The first-order valence-electron chi connectivity index (χ1n) is 9.63. The Morgan fingerprint density at radius 3 is 2.52 bits per heavy atom. The highest BCUT2D eigenvalue weighted by Crippen LogP contribution is 2.22. The van der Waals surface area contributed by atoms with E-state index in [2.05, 4.69) is 25.5 Å². The first kappa shape index (κ1) is 20.2. The zero-order valence-corrected chi connectivity index (χ0v) is 17.6. The van der Waals surface area contributed by atoms with Gasteiger partial charge in [-0.25, -0.2) is 19.0 Å². The second kappa shape index (κ2) is 7.98. The number of amides is 1. The number of rotatable bonds is 5. The minimum Gasteiger partial charge on any atom is -0.450 e. The van der Waals surface area contributed by atoms with Crippen LogP contribution in [0.15, 0.2) is 36.4 Å². The summed E-state index contributed by atoms with van der Waals surface area (Å²) in [5, 5.41) is 11.3. The largest absolute Gasteiger partial charge is 0.450 e. The van der Waals surface area contributed by atoms with Crippen molar-refractivity contribution in [2.24, 2.45) is 0 Å². The summed E-state index contributed by atoms with van der Waals surface area (Å²) in [6.07, 6.45) is 0. The number of ether oxygens (including phenoxy) is 1. The fraction of sp³-hybridized carbons (Fsp3) is 0.238. The number of hydrogen-bond donors (Lipinski definition) is 1. The molecule has 0 aliphatic rings. The molecule has 10 heteroatoms. The number of hydrogen-bond acceptors (Lipinski definition) is 7. The third-order valence-electron chi connectivity index (χ3n) is 4.69. The molecule has 4 aromatic rings. The minimum absolute atomic E-state index is 0.154. The van der Waals surface area contributed by atoms with Gasteiger partial charge in [-0.05, 0) is 45.9 Å². The molecule has 0 unspecified atom stereocenters. The maximum atomic E-state index is 12.4.